The number of anilines is 3. The zero-order valence-electron chi connectivity index (χ0n) is 12.1. The van der Waals surface area contributed by atoms with Gasteiger partial charge in [-0.05, 0) is 25.0 Å². The molecule has 0 spiro atoms. The summed E-state index contributed by atoms with van der Waals surface area (Å²) in [5.74, 6) is -0.778. The minimum Gasteiger partial charge on any atom is -0.355 e. The van der Waals surface area contributed by atoms with Gasteiger partial charge in [0, 0.05) is 24.8 Å². The van der Waals surface area contributed by atoms with Gasteiger partial charge in [0.25, 0.3) is 0 Å². The predicted octanol–water partition coefficient (Wildman–Crippen LogP) is 3.27. The third-order valence-corrected chi connectivity index (χ3v) is 3.65. The van der Waals surface area contributed by atoms with Crippen LogP contribution in [-0.4, -0.2) is 28.3 Å². The maximum Gasteiger partial charge on any atom is 0.249 e. The number of nitrogens with one attached hydrogen (secondary N) is 1. The molecule has 0 amide bonds. The number of halogens is 2. The molecule has 1 aromatic heterocycles. The topological polar surface area (TPSA) is 53.9 Å². The van der Waals surface area contributed by atoms with Crippen LogP contribution in [0.1, 0.15) is 25.7 Å². The molecule has 5 nitrogen and oxygen atoms in total. The molecular weight excluding hydrogens is 288 g/mol. The van der Waals surface area contributed by atoms with Gasteiger partial charge in [-0.1, -0.05) is 12.8 Å². The van der Waals surface area contributed by atoms with Crippen LogP contribution in [-0.2, 0) is 0 Å². The number of benzene rings is 1. The van der Waals surface area contributed by atoms with Crippen molar-refractivity contribution in [3.05, 3.63) is 36.0 Å². The lowest BCUT2D eigenvalue weighted by Gasteiger charge is -2.20. The Labute approximate surface area is 127 Å². The fraction of sp³-hybridized carbons (Fsp3) is 0.400. The van der Waals surface area contributed by atoms with Crippen molar-refractivity contribution in [2.45, 2.75) is 25.7 Å². The van der Waals surface area contributed by atoms with Gasteiger partial charge in [0.1, 0.15) is 0 Å². The number of hydrogen-bond acceptors (Lipinski definition) is 5. The van der Waals surface area contributed by atoms with Crippen LogP contribution in [0.2, 0.25) is 0 Å². The molecule has 22 heavy (non-hydrogen) atoms. The Kier molecular flexibility index (Phi) is 4.41. The first-order valence-electron chi connectivity index (χ1n) is 7.39. The first kappa shape index (κ1) is 14.6. The quantitative estimate of drug-likeness (QED) is 0.943. The second-order valence-corrected chi connectivity index (χ2v) is 5.29. The van der Waals surface area contributed by atoms with Gasteiger partial charge in [0.15, 0.2) is 17.5 Å². The van der Waals surface area contributed by atoms with Crippen LogP contribution in [0, 0.1) is 11.6 Å². The Morgan fingerprint density at radius 2 is 1.77 bits per heavy atom. The molecule has 3 rings (SSSR count). The second-order valence-electron chi connectivity index (χ2n) is 5.29. The highest BCUT2D eigenvalue weighted by atomic mass is 19.2. The predicted molar refractivity (Wildman–Crippen MR) is 80.1 cm³/mol. The summed E-state index contributed by atoms with van der Waals surface area (Å²) in [6.07, 6.45) is 6.36. The molecule has 0 radical (unpaired) electrons. The highest BCUT2D eigenvalue weighted by Crippen LogP contribution is 2.20. The van der Waals surface area contributed by atoms with Crippen molar-refractivity contribution in [1.29, 1.82) is 0 Å². The van der Waals surface area contributed by atoms with Crippen LogP contribution in [0.25, 0.3) is 0 Å². The van der Waals surface area contributed by atoms with E-state index in [1.54, 1.807) is 6.20 Å². The maximum atomic E-state index is 13.2. The fourth-order valence-electron chi connectivity index (χ4n) is 2.50. The standard InChI is InChI=1S/C15H17F2N5/c16-12-6-5-11(9-13(12)17)19-15-20-14(10-18-21-15)22-7-3-1-2-4-8-22/h5-6,9-10H,1-4,7-8H2,(H,19,20,21). The molecule has 0 aliphatic carbocycles. The van der Waals surface area contributed by atoms with Crippen molar-refractivity contribution in [3.63, 3.8) is 0 Å². The Bertz CT molecular complexity index is 642. The molecule has 2 heterocycles. The summed E-state index contributed by atoms with van der Waals surface area (Å²) in [6.45, 7) is 1.90. The monoisotopic (exact) mass is 305 g/mol. The molecule has 7 heteroatoms. The van der Waals surface area contributed by atoms with Gasteiger partial charge in [-0.2, -0.15) is 10.1 Å². The van der Waals surface area contributed by atoms with Crippen molar-refractivity contribution in [2.75, 3.05) is 23.3 Å². The smallest absolute Gasteiger partial charge is 0.249 e. The van der Waals surface area contributed by atoms with Gasteiger partial charge < -0.3 is 10.2 Å². The Morgan fingerprint density at radius 3 is 2.50 bits per heavy atom. The van der Waals surface area contributed by atoms with E-state index in [0.717, 1.165) is 43.9 Å². The molecule has 0 unspecified atom stereocenters. The van der Waals surface area contributed by atoms with Crippen LogP contribution >= 0.6 is 0 Å². The minimum absolute atomic E-state index is 0.271. The second kappa shape index (κ2) is 6.64. The highest BCUT2D eigenvalue weighted by Gasteiger charge is 2.13. The first-order valence-corrected chi connectivity index (χ1v) is 7.39. The molecule has 1 saturated heterocycles. The zero-order valence-corrected chi connectivity index (χ0v) is 12.1. The van der Waals surface area contributed by atoms with Gasteiger partial charge in [-0.25, -0.2) is 8.78 Å². The molecule has 1 fully saturated rings. The molecule has 1 aliphatic rings. The SMILES string of the molecule is Fc1ccc(Nc2nncc(N3CCCCCC3)n2)cc1F. The average molecular weight is 305 g/mol. The van der Waals surface area contributed by atoms with Crippen molar-refractivity contribution in [3.8, 4) is 0 Å². The first-order chi connectivity index (χ1) is 10.7. The third kappa shape index (κ3) is 3.47. The minimum atomic E-state index is -0.915. The van der Waals surface area contributed by atoms with Crippen LogP contribution in [0.3, 0.4) is 0 Å². The Morgan fingerprint density at radius 1 is 1.00 bits per heavy atom. The highest BCUT2D eigenvalue weighted by molar-refractivity contribution is 5.54. The van der Waals surface area contributed by atoms with E-state index in [1.165, 1.54) is 18.9 Å². The summed E-state index contributed by atoms with van der Waals surface area (Å²) in [5.41, 5.74) is 0.383. The number of hydrogen-bond donors (Lipinski definition) is 1. The molecule has 0 saturated carbocycles. The van der Waals surface area contributed by atoms with E-state index in [-0.39, 0.29) is 5.95 Å². The van der Waals surface area contributed by atoms with E-state index in [2.05, 4.69) is 25.4 Å². The molecule has 2 aromatic rings. The molecule has 1 aromatic carbocycles. The van der Waals surface area contributed by atoms with Crippen molar-refractivity contribution >= 4 is 17.5 Å². The van der Waals surface area contributed by atoms with Gasteiger partial charge in [0.05, 0.1) is 6.20 Å². The van der Waals surface area contributed by atoms with E-state index >= 15 is 0 Å². The largest absolute Gasteiger partial charge is 0.355 e. The molecular formula is C15H17F2N5. The Balaban J connectivity index is 1.76. The lowest BCUT2D eigenvalue weighted by atomic mass is 10.2. The van der Waals surface area contributed by atoms with E-state index in [9.17, 15) is 8.78 Å². The van der Waals surface area contributed by atoms with Crippen LogP contribution in [0.15, 0.2) is 24.4 Å². The summed E-state index contributed by atoms with van der Waals surface area (Å²) < 4.78 is 26.1. The summed E-state index contributed by atoms with van der Waals surface area (Å²) in [5, 5.41) is 10.7. The van der Waals surface area contributed by atoms with E-state index in [4.69, 9.17) is 0 Å². The van der Waals surface area contributed by atoms with Crippen molar-refractivity contribution in [1.82, 2.24) is 15.2 Å². The number of nitrogens with zero attached hydrogens (tertiary/aromatic N) is 4. The van der Waals surface area contributed by atoms with Gasteiger partial charge in [0.2, 0.25) is 5.95 Å². The lowest BCUT2D eigenvalue weighted by molar-refractivity contribution is 0.509. The van der Waals surface area contributed by atoms with Crippen molar-refractivity contribution < 1.29 is 8.78 Å². The summed E-state index contributed by atoms with van der Waals surface area (Å²) in [6, 6.07) is 3.56. The summed E-state index contributed by atoms with van der Waals surface area (Å²) in [4.78, 5) is 6.59. The average Bonchev–Trinajstić information content (AvgIpc) is 2.80. The third-order valence-electron chi connectivity index (χ3n) is 3.65. The van der Waals surface area contributed by atoms with E-state index in [1.807, 2.05) is 0 Å². The van der Waals surface area contributed by atoms with Crippen LogP contribution in [0.5, 0.6) is 0 Å². The summed E-state index contributed by atoms with van der Waals surface area (Å²) >= 11 is 0. The molecule has 0 atom stereocenters. The van der Waals surface area contributed by atoms with E-state index in [0.29, 0.717) is 5.69 Å². The number of rotatable bonds is 3. The molecule has 1 aliphatic heterocycles. The van der Waals surface area contributed by atoms with Crippen molar-refractivity contribution in [2.24, 2.45) is 0 Å². The van der Waals surface area contributed by atoms with Gasteiger partial charge in [-0.15, -0.1) is 5.10 Å². The van der Waals surface area contributed by atoms with Gasteiger partial charge in [-0.3, -0.25) is 0 Å². The van der Waals surface area contributed by atoms with Gasteiger partial charge >= 0.3 is 0 Å². The summed E-state index contributed by atoms with van der Waals surface area (Å²) in [7, 11) is 0. The Hall–Kier alpha value is -2.31. The van der Waals surface area contributed by atoms with E-state index < -0.39 is 11.6 Å². The molecule has 0 bridgehead atoms. The van der Waals surface area contributed by atoms with Crippen LogP contribution in [0.4, 0.5) is 26.2 Å². The molecule has 1 N–H and O–H groups in total. The normalized spacial score (nSPS) is 15.5. The maximum absolute atomic E-state index is 13.2. The number of aromatic nitrogens is 3. The molecule has 116 valence electrons. The van der Waals surface area contributed by atoms with Crippen LogP contribution < -0.4 is 10.2 Å². The zero-order chi connectivity index (χ0) is 15.4. The lowest BCUT2D eigenvalue weighted by Crippen LogP contribution is -2.25. The fourth-order valence-corrected chi connectivity index (χ4v) is 2.50.